The standard InChI is InChI=1S/C29H32N4O6/c1-18-6-10-20(11-7-18)32-16-22(28(36)38-3)24(26(32)34)30-14-5-15-31-25-23(29(37)39-4)17-33(27(25)35)21-12-8-19(2)9-13-21/h6-13,30-31H,5,14-17H2,1-4H3. The van der Waals surface area contributed by atoms with E-state index in [0.717, 1.165) is 11.1 Å². The minimum atomic E-state index is -0.570. The number of ether oxygens (including phenoxy) is 2. The maximum absolute atomic E-state index is 13.2. The number of esters is 2. The van der Waals surface area contributed by atoms with Crippen molar-refractivity contribution in [1.29, 1.82) is 0 Å². The smallest absolute Gasteiger partial charge is 0.337 e. The van der Waals surface area contributed by atoms with Gasteiger partial charge in [0.15, 0.2) is 0 Å². The molecule has 0 unspecified atom stereocenters. The molecule has 2 N–H and O–H groups in total. The van der Waals surface area contributed by atoms with Crippen molar-refractivity contribution in [2.45, 2.75) is 20.3 Å². The number of aryl methyl sites for hydroxylation is 2. The first kappa shape index (κ1) is 27.4. The Balaban J connectivity index is 1.39. The third-order valence-corrected chi connectivity index (χ3v) is 6.67. The summed E-state index contributed by atoms with van der Waals surface area (Å²) in [5.74, 6) is -1.77. The Kier molecular flexibility index (Phi) is 8.33. The second kappa shape index (κ2) is 11.8. The Morgan fingerprint density at radius 1 is 0.692 bits per heavy atom. The molecule has 4 rings (SSSR count). The van der Waals surface area contributed by atoms with Gasteiger partial charge in [-0.15, -0.1) is 0 Å². The topological polar surface area (TPSA) is 117 Å². The molecule has 0 spiro atoms. The quantitative estimate of drug-likeness (QED) is 0.353. The summed E-state index contributed by atoms with van der Waals surface area (Å²) in [5.41, 5.74) is 4.39. The predicted molar refractivity (Wildman–Crippen MR) is 146 cm³/mol. The highest BCUT2D eigenvalue weighted by atomic mass is 16.5. The van der Waals surface area contributed by atoms with Crippen LogP contribution in [0.15, 0.2) is 71.1 Å². The lowest BCUT2D eigenvalue weighted by Crippen LogP contribution is -2.33. The van der Waals surface area contributed by atoms with Crippen LogP contribution in [0.3, 0.4) is 0 Å². The summed E-state index contributed by atoms with van der Waals surface area (Å²) in [6.45, 7) is 4.80. The van der Waals surface area contributed by atoms with E-state index in [1.807, 2.05) is 62.4 Å². The van der Waals surface area contributed by atoms with Crippen LogP contribution in [0.25, 0.3) is 0 Å². The van der Waals surface area contributed by atoms with Crippen LogP contribution < -0.4 is 20.4 Å². The molecule has 0 saturated carbocycles. The highest BCUT2D eigenvalue weighted by Crippen LogP contribution is 2.27. The lowest BCUT2D eigenvalue weighted by atomic mass is 10.2. The van der Waals surface area contributed by atoms with E-state index < -0.39 is 11.9 Å². The van der Waals surface area contributed by atoms with E-state index in [1.54, 1.807) is 0 Å². The number of benzene rings is 2. The van der Waals surface area contributed by atoms with Gasteiger partial charge in [-0.05, 0) is 44.5 Å². The molecule has 2 aliphatic rings. The summed E-state index contributed by atoms with van der Waals surface area (Å²) >= 11 is 0. The molecule has 0 radical (unpaired) electrons. The van der Waals surface area contributed by atoms with Gasteiger partial charge in [-0.2, -0.15) is 0 Å². The number of hydrogen-bond acceptors (Lipinski definition) is 8. The van der Waals surface area contributed by atoms with Crippen molar-refractivity contribution < 1.29 is 28.7 Å². The SMILES string of the molecule is COC(=O)C1=C(NCCCNC2=C(C(=O)OC)CN(c3ccc(C)cc3)C2=O)C(=O)N(c2ccc(C)cc2)C1. The predicted octanol–water partition coefficient (Wildman–Crippen LogP) is 2.12. The molecule has 0 atom stereocenters. The lowest BCUT2D eigenvalue weighted by Gasteiger charge is -2.17. The van der Waals surface area contributed by atoms with Crippen LogP contribution in [-0.2, 0) is 28.7 Å². The fourth-order valence-electron chi connectivity index (χ4n) is 4.47. The first-order chi connectivity index (χ1) is 18.7. The Bertz CT molecular complexity index is 1240. The summed E-state index contributed by atoms with van der Waals surface area (Å²) < 4.78 is 9.80. The molecular formula is C29H32N4O6. The molecule has 0 fully saturated rings. The molecule has 0 saturated heterocycles. The minimum Gasteiger partial charge on any atom is -0.466 e. The largest absolute Gasteiger partial charge is 0.466 e. The van der Waals surface area contributed by atoms with Gasteiger partial charge in [-0.25, -0.2) is 9.59 Å². The summed E-state index contributed by atoms with van der Waals surface area (Å²) in [4.78, 5) is 54.1. The highest BCUT2D eigenvalue weighted by Gasteiger charge is 2.36. The summed E-state index contributed by atoms with van der Waals surface area (Å²) in [5, 5.41) is 6.15. The third kappa shape index (κ3) is 5.79. The van der Waals surface area contributed by atoms with Crippen LogP contribution in [0, 0.1) is 13.8 Å². The average Bonchev–Trinajstić information content (AvgIpc) is 3.45. The van der Waals surface area contributed by atoms with Gasteiger partial charge in [0.05, 0.1) is 38.5 Å². The van der Waals surface area contributed by atoms with Gasteiger partial charge >= 0.3 is 11.9 Å². The normalized spacial score (nSPS) is 15.3. The molecule has 2 amide bonds. The summed E-state index contributed by atoms with van der Waals surface area (Å²) in [6, 6.07) is 14.9. The first-order valence-corrected chi connectivity index (χ1v) is 12.6. The van der Waals surface area contributed by atoms with Crippen LogP contribution in [-0.4, -0.2) is 64.2 Å². The monoisotopic (exact) mass is 532 g/mol. The second-order valence-corrected chi connectivity index (χ2v) is 9.35. The number of anilines is 2. The van der Waals surface area contributed by atoms with Crippen LogP contribution in [0.1, 0.15) is 17.5 Å². The number of rotatable bonds is 10. The lowest BCUT2D eigenvalue weighted by molar-refractivity contribution is -0.137. The fraction of sp³-hybridized carbons (Fsp3) is 0.310. The molecule has 39 heavy (non-hydrogen) atoms. The zero-order valence-corrected chi connectivity index (χ0v) is 22.5. The molecule has 2 aliphatic heterocycles. The summed E-state index contributed by atoms with van der Waals surface area (Å²) in [7, 11) is 2.56. The van der Waals surface area contributed by atoms with E-state index >= 15 is 0 Å². The van der Waals surface area contributed by atoms with Gasteiger partial charge in [-0.3, -0.25) is 9.59 Å². The number of carbonyl (C=O) groups is 4. The maximum Gasteiger partial charge on any atom is 0.337 e. The fourth-order valence-corrected chi connectivity index (χ4v) is 4.47. The Morgan fingerprint density at radius 2 is 1.05 bits per heavy atom. The molecular weight excluding hydrogens is 500 g/mol. The van der Waals surface area contributed by atoms with E-state index in [0.29, 0.717) is 30.9 Å². The third-order valence-electron chi connectivity index (χ3n) is 6.67. The Morgan fingerprint density at radius 3 is 1.38 bits per heavy atom. The van der Waals surface area contributed by atoms with E-state index in [4.69, 9.17) is 9.47 Å². The number of amides is 2. The van der Waals surface area contributed by atoms with Gasteiger partial charge < -0.3 is 29.9 Å². The van der Waals surface area contributed by atoms with Crippen molar-refractivity contribution in [3.63, 3.8) is 0 Å². The van der Waals surface area contributed by atoms with Crippen molar-refractivity contribution in [2.75, 3.05) is 50.2 Å². The van der Waals surface area contributed by atoms with Gasteiger partial charge in [0.1, 0.15) is 11.4 Å². The van der Waals surface area contributed by atoms with Gasteiger partial charge in [-0.1, -0.05) is 35.4 Å². The molecule has 2 heterocycles. The van der Waals surface area contributed by atoms with E-state index in [9.17, 15) is 19.2 Å². The molecule has 10 heteroatoms. The Labute approximate surface area is 227 Å². The van der Waals surface area contributed by atoms with Gasteiger partial charge in [0.25, 0.3) is 11.8 Å². The number of hydrogen-bond donors (Lipinski definition) is 2. The number of carbonyl (C=O) groups excluding carboxylic acids is 4. The molecule has 204 valence electrons. The first-order valence-electron chi connectivity index (χ1n) is 12.6. The zero-order chi connectivity index (χ0) is 28.1. The van der Waals surface area contributed by atoms with Crippen molar-refractivity contribution in [2.24, 2.45) is 0 Å². The molecule has 0 aromatic heterocycles. The minimum absolute atomic E-state index is 0.105. The Hall–Kier alpha value is -4.60. The number of methoxy groups -OCH3 is 2. The van der Waals surface area contributed by atoms with Crippen LogP contribution in [0.2, 0.25) is 0 Å². The van der Waals surface area contributed by atoms with Crippen molar-refractivity contribution >= 4 is 35.1 Å². The second-order valence-electron chi connectivity index (χ2n) is 9.35. The average molecular weight is 533 g/mol. The number of nitrogens with one attached hydrogen (secondary N) is 2. The zero-order valence-electron chi connectivity index (χ0n) is 22.5. The van der Waals surface area contributed by atoms with E-state index in [1.165, 1.54) is 24.0 Å². The van der Waals surface area contributed by atoms with Gasteiger partial charge in [0, 0.05) is 24.5 Å². The van der Waals surface area contributed by atoms with Gasteiger partial charge in [0.2, 0.25) is 0 Å². The van der Waals surface area contributed by atoms with Crippen LogP contribution in [0.5, 0.6) is 0 Å². The number of nitrogens with zero attached hydrogens (tertiary/aromatic N) is 2. The van der Waals surface area contributed by atoms with Crippen molar-refractivity contribution in [3.8, 4) is 0 Å². The van der Waals surface area contributed by atoms with E-state index in [2.05, 4.69) is 10.6 Å². The molecule has 0 aliphatic carbocycles. The summed E-state index contributed by atoms with van der Waals surface area (Å²) in [6.07, 6.45) is 0.492. The molecule has 2 aromatic carbocycles. The van der Waals surface area contributed by atoms with Crippen molar-refractivity contribution in [3.05, 3.63) is 82.2 Å². The molecule has 0 bridgehead atoms. The highest BCUT2D eigenvalue weighted by molar-refractivity contribution is 6.15. The van der Waals surface area contributed by atoms with Crippen LogP contribution >= 0.6 is 0 Å². The van der Waals surface area contributed by atoms with Crippen molar-refractivity contribution in [1.82, 2.24) is 10.6 Å². The molecule has 2 aromatic rings. The maximum atomic E-state index is 13.2. The van der Waals surface area contributed by atoms with E-state index in [-0.39, 0.29) is 47.4 Å². The van der Waals surface area contributed by atoms with Crippen LogP contribution in [0.4, 0.5) is 11.4 Å². The molecule has 10 nitrogen and oxygen atoms in total.